The highest BCUT2D eigenvalue weighted by Crippen LogP contribution is 2.35. The molecule has 2 N–H and O–H groups in total. The maximum Gasteiger partial charge on any atom is 0.305 e. The van der Waals surface area contributed by atoms with Gasteiger partial charge in [-0.2, -0.15) is 0 Å². The number of carboxylic acid groups (broad SMARTS) is 1. The Balaban J connectivity index is 2.04. The number of halogens is 1. The maximum atomic E-state index is 11.9. The van der Waals surface area contributed by atoms with Crippen LogP contribution in [0.3, 0.4) is 0 Å². The van der Waals surface area contributed by atoms with Gasteiger partial charge in [-0.1, -0.05) is 0 Å². The van der Waals surface area contributed by atoms with Crippen molar-refractivity contribution in [1.82, 2.24) is 5.32 Å². The molecule has 0 bridgehead atoms. The van der Waals surface area contributed by atoms with Crippen molar-refractivity contribution in [2.24, 2.45) is 0 Å². The molecule has 1 fully saturated rings. The molecule has 1 aliphatic rings. The van der Waals surface area contributed by atoms with E-state index >= 15 is 0 Å². The topological polar surface area (TPSA) is 79.5 Å². The average Bonchev–Trinajstić information content (AvgIpc) is 2.60. The van der Waals surface area contributed by atoms with E-state index in [9.17, 15) is 9.59 Å². The van der Waals surface area contributed by atoms with E-state index in [2.05, 4.69) is 21.2 Å². The van der Waals surface area contributed by atoms with Gasteiger partial charge >= 0.3 is 5.97 Å². The van der Waals surface area contributed by atoms with E-state index in [1.165, 1.54) is 6.26 Å². The molecule has 92 valence electrons. The van der Waals surface area contributed by atoms with Crippen molar-refractivity contribution in [3.05, 3.63) is 22.6 Å². The number of carbonyl (C=O) groups is 2. The van der Waals surface area contributed by atoms with Gasteiger partial charge in [0, 0.05) is 6.07 Å². The van der Waals surface area contributed by atoms with Crippen LogP contribution in [0.4, 0.5) is 0 Å². The van der Waals surface area contributed by atoms with Gasteiger partial charge in [0.15, 0.2) is 4.67 Å². The molecule has 0 atom stereocenters. The van der Waals surface area contributed by atoms with Crippen molar-refractivity contribution in [3.8, 4) is 0 Å². The lowest BCUT2D eigenvalue weighted by atomic mass is 9.74. The van der Waals surface area contributed by atoms with Gasteiger partial charge in [-0.3, -0.25) is 9.59 Å². The highest BCUT2D eigenvalue weighted by atomic mass is 79.9. The average molecular weight is 302 g/mol. The van der Waals surface area contributed by atoms with Crippen molar-refractivity contribution in [2.45, 2.75) is 31.2 Å². The second-order valence-electron chi connectivity index (χ2n) is 4.30. The largest absolute Gasteiger partial charge is 0.481 e. The van der Waals surface area contributed by atoms with E-state index < -0.39 is 11.5 Å². The Bertz CT molecular complexity index is 450. The fourth-order valence-electron chi connectivity index (χ4n) is 1.98. The van der Waals surface area contributed by atoms with Crippen molar-refractivity contribution in [3.63, 3.8) is 0 Å². The Hall–Kier alpha value is -1.30. The third-order valence-electron chi connectivity index (χ3n) is 3.01. The Labute approximate surface area is 106 Å². The second-order valence-corrected chi connectivity index (χ2v) is 5.08. The third kappa shape index (κ3) is 2.69. The normalized spacial score (nSPS) is 17.2. The summed E-state index contributed by atoms with van der Waals surface area (Å²) < 4.78 is 5.45. The molecule has 0 spiro atoms. The number of nitrogens with one attached hydrogen (secondary N) is 1. The number of hydrogen-bond donors (Lipinski definition) is 2. The summed E-state index contributed by atoms with van der Waals surface area (Å²) in [4.78, 5) is 22.6. The predicted octanol–water partition coefficient (Wildman–Crippen LogP) is 2.17. The van der Waals surface area contributed by atoms with E-state index in [0.717, 1.165) is 6.42 Å². The summed E-state index contributed by atoms with van der Waals surface area (Å²) in [5.41, 5.74) is -0.180. The first-order valence-electron chi connectivity index (χ1n) is 5.29. The molecule has 6 heteroatoms. The van der Waals surface area contributed by atoms with E-state index in [1.807, 2.05) is 0 Å². The van der Waals surface area contributed by atoms with Gasteiger partial charge in [0.25, 0.3) is 5.91 Å². The quantitative estimate of drug-likeness (QED) is 0.893. The molecular formula is C11H12BrNO4. The van der Waals surface area contributed by atoms with Crippen molar-refractivity contribution < 1.29 is 19.1 Å². The zero-order valence-electron chi connectivity index (χ0n) is 9.03. The maximum absolute atomic E-state index is 11.9. The van der Waals surface area contributed by atoms with E-state index in [4.69, 9.17) is 9.52 Å². The standard InChI is InChI=1S/C11H12BrNO4/c12-8-4-7(6-17-8)10(16)13-11(2-1-3-11)5-9(14)15/h4,6H,1-3,5H2,(H,13,16)(H,14,15). The lowest BCUT2D eigenvalue weighted by Gasteiger charge is -2.41. The molecule has 0 unspecified atom stereocenters. The smallest absolute Gasteiger partial charge is 0.305 e. The number of rotatable bonds is 4. The summed E-state index contributed by atoms with van der Waals surface area (Å²) in [6, 6.07) is 1.56. The van der Waals surface area contributed by atoms with E-state index in [-0.39, 0.29) is 12.3 Å². The van der Waals surface area contributed by atoms with E-state index in [0.29, 0.717) is 23.1 Å². The number of hydrogen-bond acceptors (Lipinski definition) is 3. The molecule has 17 heavy (non-hydrogen) atoms. The van der Waals surface area contributed by atoms with Crippen LogP contribution in [0.1, 0.15) is 36.0 Å². The van der Waals surface area contributed by atoms with Crippen LogP contribution in [0.25, 0.3) is 0 Å². The number of aliphatic carboxylic acids is 1. The molecule has 1 saturated carbocycles. The van der Waals surface area contributed by atoms with Crippen LogP contribution < -0.4 is 5.32 Å². The lowest BCUT2D eigenvalue weighted by molar-refractivity contribution is -0.139. The molecule has 0 aromatic carbocycles. The summed E-state index contributed by atoms with van der Waals surface area (Å²) in [5.74, 6) is -1.18. The Kier molecular flexibility index (Phi) is 3.24. The highest BCUT2D eigenvalue weighted by molar-refractivity contribution is 9.10. The molecule has 5 nitrogen and oxygen atoms in total. The predicted molar refractivity (Wildman–Crippen MR) is 62.7 cm³/mol. The zero-order valence-corrected chi connectivity index (χ0v) is 10.6. The molecule has 2 rings (SSSR count). The first-order valence-corrected chi connectivity index (χ1v) is 6.08. The number of furan rings is 1. The van der Waals surface area contributed by atoms with Crippen LogP contribution in [-0.2, 0) is 4.79 Å². The van der Waals surface area contributed by atoms with Crippen LogP contribution in [-0.4, -0.2) is 22.5 Å². The molecule has 1 aliphatic carbocycles. The van der Waals surface area contributed by atoms with Crippen molar-refractivity contribution in [1.29, 1.82) is 0 Å². The molecule has 0 saturated heterocycles. The van der Waals surface area contributed by atoms with Crippen LogP contribution in [0, 0.1) is 0 Å². The third-order valence-corrected chi connectivity index (χ3v) is 3.42. The molecule has 1 aromatic rings. The monoisotopic (exact) mass is 301 g/mol. The van der Waals surface area contributed by atoms with Gasteiger partial charge < -0.3 is 14.8 Å². The van der Waals surface area contributed by atoms with Crippen molar-refractivity contribution >= 4 is 27.8 Å². The van der Waals surface area contributed by atoms with Crippen LogP contribution in [0.5, 0.6) is 0 Å². The minimum Gasteiger partial charge on any atom is -0.481 e. The van der Waals surface area contributed by atoms with E-state index in [1.54, 1.807) is 6.07 Å². The van der Waals surface area contributed by atoms with Gasteiger partial charge in [0.05, 0.1) is 17.5 Å². The molecular weight excluding hydrogens is 290 g/mol. The second kappa shape index (κ2) is 4.52. The molecule has 0 aliphatic heterocycles. The summed E-state index contributed by atoms with van der Waals surface area (Å²) in [6.07, 6.45) is 3.68. The van der Waals surface area contributed by atoms with Gasteiger partial charge in [-0.25, -0.2) is 0 Å². The summed E-state index contributed by atoms with van der Waals surface area (Å²) in [7, 11) is 0. The zero-order chi connectivity index (χ0) is 12.5. The highest BCUT2D eigenvalue weighted by Gasteiger charge is 2.40. The van der Waals surface area contributed by atoms with Crippen LogP contribution in [0.2, 0.25) is 0 Å². The minimum absolute atomic E-state index is 0.0300. The lowest BCUT2D eigenvalue weighted by Crippen LogP contribution is -2.54. The fraction of sp³-hybridized carbons (Fsp3) is 0.455. The molecule has 0 radical (unpaired) electrons. The number of amides is 1. The fourth-order valence-corrected chi connectivity index (χ4v) is 2.32. The summed E-state index contributed by atoms with van der Waals surface area (Å²) >= 11 is 3.11. The SMILES string of the molecule is O=C(O)CC1(NC(=O)c2coc(Br)c2)CCC1. The molecule has 1 heterocycles. The van der Waals surface area contributed by atoms with Gasteiger partial charge in [0.1, 0.15) is 6.26 Å². The van der Waals surface area contributed by atoms with Gasteiger partial charge in [-0.05, 0) is 35.2 Å². The Morgan fingerprint density at radius 1 is 1.53 bits per heavy atom. The molecule has 1 amide bonds. The first-order chi connectivity index (χ1) is 8.01. The van der Waals surface area contributed by atoms with Crippen molar-refractivity contribution in [2.75, 3.05) is 0 Å². The van der Waals surface area contributed by atoms with Crippen LogP contribution in [0.15, 0.2) is 21.4 Å². The molecule has 1 aromatic heterocycles. The summed E-state index contributed by atoms with van der Waals surface area (Å²) in [5, 5.41) is 11.6. The first kappa shape index (κ1) is 12.2. The summed E-state index contributed by atoms with van der Waals surface area (Å²) in [6.45, 7) is 0. The number of carboxylic acids is 1. The number of carbonyl (C=O) groups excluding carboxylic acids is 1. The van der Waals surface area contributed by atoms with Gasteiger partial charge in [-0.15, -0.1) is 0 Å². The minimum atomic E-state index is -0.890. The van der Waals surface area contributed by atoms with Gasteiger partial charge in [0.2, 0.25) is 0 Å². The van der Waals surface area contributed by atoms with Crippen LogP contribution >= 0.6 is 15.9 Å². The Morgan fingerprint density at radius 2 is 2.24 bits per heavy atom. The Morgan fingerprint density at radius 3 is 2.65 bits per heavy atom.